The lowest BCUT2D eigenvalue weighted by Gasteiger charge is -2.40. The molecule has 6 heterocycles. The maximum Gasteiger partial charge on any atom is 0.472 e. The number of unbranched alkanes of at least 4 members (excludes halogenated alkanes) is 6. The molecule has 33 heteroatoms. The molecular formula is C55H99N3O28P2. The van der Waals surface area contributed by atoms with Gasteiger partial charge >= 0.3 is 15.6 Å². The normalized spacial score (nSPS) is 36.9. The third-order valence-electron chi connectivity index (χ3n) is 17.4. The summed E-state index contributed by atoms with van der Waals surface area (Å²) in [7, 11) is -8.40. The summed E-state index contributed by atoms with van der Waals surface area (Å²) < 4.78 is 88.9. The number of hydrogen-bond donors (Lipinski definition) is 12. The van der Waals surface area contributed by atoms with Crippen LogP contribution < -0.4 is 0 Å². The van der Waals surface area contributed by atoms with Gasteiger partial charge in [0.2, 0.25) is 17.7 Å². The summed E-state index contributed by atoms with van der Waals surface area (Å²) >= 11 is 0. The molecule has 0 aliphatic carbocycles. The van der Waals surface area contributed by atoms with Crippen molar-refractivity contribution in [2.24, 2.45) is 17.8 Å². The predicted molar refractivity (Wildman–Crippen MR) is 304 cm³/mol. The van der Waals surface area contributed by atoms with Crippen LogP contribution in [0, 0.1) is 17.8 Å². The molecule has 12 N–H and O–H groups in total. The molecule has 88 heavy (non-hydrogen) atoms. The molecule has 0 aromatic carbocycles. The monoisotopic (exact) mass is 1310 g/mol. The number of aliphatic hydroxyl groups is 10. The van der Waals surface area contributed by atoms with Crippen LogP contribution in [0.5, 0.6) is 0 Å². The van der Waals surface area contributed by atoms with Crippen molar-refractivity contribution in [2.75, 3.05) is 86.2 Å². The van der Waals surface area contributed by atoms with E-state index in [1.165, 1.54) is 21.8 Å². The molecule has 0 spiro atoms. The first-order valence-corrected chi connectivity index (χ1v) is 33.9. The summed E-state index contributed by atoms with van der Waals surface area (Å²) in [6.07, 6.45) is -11.4. The van der Waals surface area contributed by atoms with Gasteiger partial charge in [-0.2, -0.15) is 0 Å². The van der Waals surface area contributed by atoms with E-state index in [2.05, 4.69) is 0 Å². The lowest BCUT2D eigenvalue weighted by atomic mass is 9.92. The third kappa shape index (κ3) is 21.5. The van der Waals surface area contributed by atoms with Crippen molar-refractivity contribution in [3.8, 4) is 0 Å². The molecule has 0 saturated carbocycles. The second-order valence-corrected chi connectivity index (χ2v) is 27.0. The number of likely N-dealkylation sites (tertiary alicyclic amines) is 3. The van der Waals surface area contributed by atoms with E-state index in [1.54, 1.807) is 20.8 Å². The average molecular weight is 1310 g/mol. The van der Waals surface area contributed by atoms with Gasteiger partial charge in [0.15, 0.2) is 18.9 Å². The van der Waals surface area contributed by atoms with Gasteiger partial charge in [-0.15, -0.1) is 0 Å². The van der Waals surface area contributed by atoms with Crippen LogP contribution in [0.15, 0.2) is 0 Å². The second kappa shape index (κ2) is 36.0. The molecule has 6 aliphatic heterocycles. The van der Waals surface area contributed by atoms with Gasteiger partial charge in [-0.1, -0.05) is 40.0 Å². The Kier molecular flexibility index (Phi) is 30.7. The molecule has 0 aromatic heterocycles. The third-order valence-corrected chi connectivity index (χ3v) is 19.5. The lowest BCUT2D eigenvalue weighted by Crippen LogP contribution is -2.55. The number of carbonyl (C=O) groups excluding carboxylic acids is 3. The molecule has 23 atom stereocenters. The van der Waals surface area contributed by atoms with E-state index >= 15 is 0 Å². The van der Waals surface area contributed by atoms with E-state index < -0.39 is 183 Å². The highest BCUT2D eigenvalue weighted by molar-refractivity contribution is 7.47. The molecule has 6 saturated heterocycles. The van der Waals surface area contributed by atoms with Gasteiger partial charge in [-0.3, -0.25) is 32.5 Å². The summed E-state index contributed by atoms with van der Waals surface area (Å²) in [6.45, 7) is 2.73. The molecule has 0 bridgehead atoms. The van der Waals surface area contributed by atoms with Crippen molar-refractivity contribution in [1.29, 1.82) is 0 Å². The molecule has 6 rings (SSSR count). The van der Waals surface area contributed by atoms with Gasteiger partial charge in [0.25, 0.3) is 0 Å². The van der Waals surface area contributed by atoms with Crippen LogP contribution in [-0.2, 0) is 74.8 Å². The first-order valence-electron chi connectivity index (χ1n) is 30.9. The lowest BCUT2D eigenvalue weighted by molar-refractivity contribution is -0.282. The Bertz CT molecular complexity index is 2210. The topological polar surface area (TPSA) is 439 Å². The van der Waals surface area contributed by atoms with Crippen LogP contribution in [0.25, 0.3) is 0 Å². The zero-order valence-electron chi connectivity index (χ0n) is 50.9. The maximum absolute atomic E-state index is 13.9. The molecule has 3 amide bonds. The fourth-order valence-electron chi connectivity index (χ4n) is 12.1. The average Bonchev–Trinajstić information content (AvgIpc) is 1.60. The predicted octanol–water partition coefficient (Wildman–Crippen LogP) is -1.24. The Labute approximate surface area is 513 Å². The number of ether oxygens (including phenoxy) is 7. The van der Waals surface area contributed by atoms with Crippen LogP contribution in [0.1, 0.15) is 117 Å². The van der Waals surface area contributed by atoms with Gasteiger partial charge in [-0.25, -0.2) is 9.13 Å². The molecule has 6 fully saturated rings. The van der Waals surface area contributed by atoms with E-state index in [4.69, 9.17) is 51.3 Å². The van der Waals surface area contributed by atoms with Crippen molar-refractivity contribution >= 4 is 33.4 Å². The number of hydrogen-bond acceptors (Lipinski definition) is 26. The van der Waals surface area contributed by atoms with E-state index in [1.807, 2.05) is 0 Å². The number of phosphoric ester groups is 2. The number of carbonyl (C=O) groups is 3. The summed E-state index contributed by atoms with van der Waals surface area (Å²) in [5.74, 6) is -2.71. The number of nitrogens with zero attached hydrogens (tertiary/aromatic N) is 3. The number of phosphoric acid groups is 2. The molecule has 512 valence electrons. The largest absolute Gasteiger partial charge is 0.472 e. The molecule has 0 aromatic rings. The summed E-state index contributed by atoms with van der Waals surface area (Å²) in [5.41, 5.74) is 0. The molecular weight excluding hydrogens is 1210 g/mol. The fraction of sp³-hybridized carbons (Fsp3) is 0.945. The highest BCUT2D eigenvalue weighted by atomic mass is 31.2. The van der Waals surface area contributed by atoms with Gasteiger partial charge in [-0.05, 0) is 57.8 Å². The smallest absolute Gasteiger partial charge is 0.394 e. The minimum atomic E-state index is -4.94. The van der Waals surface area contributed by atoms with E-state index in [0.717, 1.165) is 0 Å². The fourth-order valence-corrected chi connectivity index (χ4v) is 14.0. The zero-order chi connectivity index (χ0) is 64.5. The molecule has 31 nitrogen and oxygen atoms in total. The molecule has 0 radical (unpaired) electrons. The van der Waals surface area contributed by atoms with E-state index in [0.29, 0.717) is 57.8 Å². The van der Waals surface area contributed by atoms with Crippen LogP contribution in [0.4, 0.5) is 0 Å². The number of aliphatic hydroxyl groups excluding tert-OH is 10. The summed E-state index contributed by atoms with van der Waals surface area (Å²) in [6, 6.07) is -2.27. The van der Waals surface area contributed by atoms with Crippen molar-refractivity contribution in [1.82, 2.24) is 14.7 Å². The highest BCUT2D eigenvalue weighted by Gasteiger charge is 2.47. The van der Waals surface area contributed by atoms with Crippen molar-refractivity contribution in [3.63, 3.8) is 0 Å². The highest BCUT2D eigenvalue weighted by Crippen LogP contribution is 2.50. The minimum Gasteiger partial charge on any atom is -0.394 e. The Balaban J connectivity index is 0.980. The van der Waals surface area contributed by atoms with Crippen molar-refractivity contribution < 1.29 is 136 Å². The maximum atomic E-state index is 13.9. The first-order chi connectivity index (χ1) is 41.8. The summed E-state index contributed by atoms with van der Waals surface area (Å²) in [4.78, 5) is 67.2. The van der Waals surface area contributed by atoms with Crippen LogP contribution in [0.3, 0.4) is 0 Å². The van der Waals surface area contributed by atoms with Crippen molar-refractivity contribution in [3.05, 3.63) is 0 Å². The number of methoxy groups -OCH3 is 1. The SMILES string of the molecule is COC[C@@H]1C[C@@H](OP(=O)(O)OC[C@@H]2C[C@@H](OP(=O)(O)OC[C@@H]3C[C@@H](O)CN3C(=O)CCCCCO[C@@H]3OC(CO)[C@H](O)[C@H](O)C3C)CN2C(=O)CCCCCO[C@@H]2OC(CO)[C@H](O)[C@H](O)C2C)CN1C(=O)CCCCCO[C@@H]1OC(CO)[C@H](O)[C@H](O)C1C. The van der Waals surface area contributed by atoms with Gasteiger partial charge in [0.1, 0.15) is 36.6 Å². The molecule has 6 aliphatic rings. The van der Waals surface area contributed by atoms with Gasteiger partial charge in [0, 0.05) is 83.6 Å². The minimum absolute atomic E-state index is 0.0333. The Morgan fingerprint density at radius 1 is 0.455 bits per heavy atom. The Hall–Kier alpha value is -2.05. The quantitative estimate of drug-likeness (QED) is 0.0258. The van der Waals surface area contributed by atoms with Gasteiger partial charge < -0.3 is 109 Å². The van der Waals surface area contributed by atoms with Gasteiger partial charge in [0.05, 0.1) is 94.4 Å². The summed E-state index contributed by atoms with van der Waals surface area (Å²) in [5, 5.41) is 100. The van der Waals surface area contributed by atoms with Crippen LogP contribution in [0.2, 0.25) is 0 Å². The van der Waals surface area contributed by atoms with Crippen LogP contribution in [-0.4, -0.2) is 290 Å². The number of β-amino-alcohol motifs (C(OH)–C–C–N with tert-alkyl or cyclic N) is 1. The second-order valence-electron chi connectivity index (χ2n) is 24.1. The first kappa shape index (κ1) is 75.0. The Morgan fingerprint density at radius 2 is 0.773 bits per heavy atom. The molecule has 8 unspecified atom stereocenters. The van der Waals surface area contributed by atoms with Crippen molar-refractivity contribution in [2.45, 2.75) is 227 Å². The Morgan fingerprint density at radius 3 is 1.10 bits per heavy atom. The van der Waals surface area contributed by atoms with E-state index in [9.17, 15) is 84.4 Å². The van der Waals surface area contributed by atoms with E-state index in [-0.39, 0.29) is 96.4 Å². The number of rotatable bonds is 36. The number of amides is 3. The zero-order valence-corrected chi connectivity index (χ0v) is 52.6. The standard InChI is InChI=1S/C55H99N3O28P2/c1-32-47(66)50(69)41(26-59)82-53(32)77-17-11-5-8-14-44(63)56-23-38(62)20-35(56)30-80-87(72,73)86-40-22-37(58(25-40)46(65)16-10-7-13-19-79-55-34(3)49(68)52(71)43(28-61)84-55)31-81-88(74,75)85-39-21-36(29-76-4)57(24-39)45(64)15-9-6-12-18-78-54-33(2)48(67)51(70)42(27-60)83-54/h32-43,47-55,59-62,66-71H,5-31H2,1-4H3,(H,72,73)(H,74,75)/t32?,33?,34?,35-,36-,37-,38+,39+,40+,41?,42?,43?,47+,48+,49+,50-,51-,52-,53+,54+,55+/m0/s1. The van der Waals surface area contributed by atoms with Crippen LogP contribution >= 0.6 is 15.6 Å².